The summed E-state index contributed by atoms with van der Waals surface area (Å²) in [6, 6.07) is 19.9. The Morgan fingerprint density at radius 3 is 1.47 bits per heavy atom. The zero-order valence-electron chi connectivity index (χ0n) is 8.95. The second-order valence-electron chi connectivity index (χ2n) is 3.29. The summed E-state index contributed by atoms with van der Waals surface area (Å²) in [4.78, 5) is 1.93. The molecule has 2 rings (SSSR count). The molecule has 1 radical (unpaired) electrons. The Balaban J connectivity index is 0.00000144. The molecular weight excluding hydrogens is 289 g/mol. The minimum Gasteiger partial charge on any atom is -0.296 e. The molecule has 0 unspecified atom stereocenters. The maximum Gasteiger partial charge on any atom is 0.142 e. The van der Waals surface area contributed by atoms with Crippen LogP contribution in [0.3, 0.4) is 0 Å². The van der Waals surface area contributed by atoms with Crippen LogP contribution in [0.25, 0.3) is 0 Å². The van der Waals surface area contributed by atoms with Crippen LogP contribution in [0.1, 0.15) is 0 Å². The fourth-order valence-electron chi connectivity index (χ4n) is 1.52. The number of rotatable bonds is 2. The van der Waals surface area contributed by atoms with Gasteiger partial charge in [-0.15, -0.1) is 12.6 Å². The molecule has 4 heteroatoms. The quantitative estimate of drug-likeness (QED) is 0.506. The van der Waals surface area contributed by atoms with Gasteiger partial charge in [-0.2, -0.15) is 0 Å². The van der Waals surface area contributed by atoms with Gasteiger partial charge in [0.25, 0.3) is 0 Å². The van der Waals surface area contributed by atoms with E-state index in [1.807, 2.05) is 65.6 Å². The van der Waals surface area contributed by atoms with Gasteiger partial charge in [0.05, 0.1) is 0 Å². The second-order valence-corrected chi connectivity index (χ2v) is 4.40. The third-order valence-electron chi connectivity index (χ3n) is 2.22. The summed E-state index contributed by atoms with van der Waals surface area (Å²) in [6.07, 6.45) is 0. The fraction of sp³-hybridized carbons (Fsp3) is 0. The summed E-state index contributed by atoms with van der Waals surface area (Å²) in [5, 5.41) is 0. The molecule has 2 aromatic rings. The van der Waals surface area contributed by atoms with Gasteiger partial charge in [-0.05, 0) is 24.3 Å². The van der Waals surface area contributed by atoms with E-state index in [0.717, 1.165) is 11.4 Å². The van der Waals surface area contributed by atoms with Crippen molar-refractivity contribution in [3.8, 4) is 0 Å². The van der Waals surface area contributed by atoms with Gasteiger partial charge in [0.15, 0.2) is 0 Å². The minimum atomic E-state index is 0. The number of hydrogen-bond acceptors (Lipinski definition) is 1. The molecule has 0 aliphatic rings. The number of anilines is 2. The van der Waals surface area contributed by atoms with Crippen molar-refractivity contribution in [2.24, 2.45) is 0 Å². The van der Waals surface area contributed by atoms with Crippen LogP contribution in [0.2, 0.25) is 0 Å². The molecule has 0 aromatic heterocycles. The van der Waals surface area contributed by atoms with Crippen LogP contribution in [-0.2, 0) is 17.1 Å². The smallest absolute Gasteiger partial charge is 0.142 e. The van der Waals surface area contributed by atoms with Crippen LogP contribution in [0.15, 0.2) is 60.7 Å². The first-order valence-corrected chi connectivity index (χ1v) is 5.78. The molecule has 0 aliphatic carbocycles. The van der Waals surface area contributed by atoms with Gasteiger partial charge < -0.3 is 0 Å². The summed E-state index contributed by atoms with van der Waals surface area (Å²) >= 11 is 9.44. The van der Waals surface area contributed by atoms with E-state index in [0.29, 0.717) is 4.32 Å². The Labute approximate surface area is 123 Å². The molecule has 0 fully saturated rings. The summed E-state index contributed by atoms with van der Waals surface area (Å²) in [7, 11) is 0. The van der Waals surface area contributed by atoms with E-state index in [-0.39, 0.29) is 17.1 Å². The predicted octanol–water partition coefficient (Wildman–Crippen LogP) is 4.04. The normalized spacial score (nSPS) is 9.24. The van der Waals surface area contributed by atoms with Crippen molar-refractivity contribution in [1.29, 1.82) is 0 Å². The Hall–Kier alpha value is -0.801. The molecule has 0 N–H and O–H groups in total. The van der Waals surface area contributed by atoms with Crippen molar-refractivity contribution >= 4 is 40.5 Å². The van der Waals surface area contributed by atoms with Crippen LogP contribution < -0.4 is 4.90 Å². The summed E-state index contributed by atoms with van der Waals surface area (Å²) in [5.74, 6) is 0. The van der Waals surface area contributed by atoms with E-state index in [1.54, 1.807) is 0 Å². The average Bonchev–Trinajstić information content (AvgIpc) is 2.31. The Bertz CT molecular complexity index is 434. The Morgan fingerprint density at radius 2 is 1.18 bits per heavy atom. The molecule has 17 heavy (non-hydrogen) atoms. The number of hydrogen-bond donors (Lipinski definition) is 1. The van der Waals surface area contributed by atoms with E-state index in [4.69, 9.17) is 12.2 Å². The minimum absolute atomic E-state index is 0. The van der Waals surface area contributed by atoms with Gasteiger partial charge in [-0.1, -0.05) is 48.6 Å². The number of thiocarbonyl (C=S) groups is 1. The van der Waals surface area contributed by atoms with Gasteiger partial charge in [-0.25, -0.2) is 0 Å². The first-order valence-electron chi connectivity index (χ1n) is 4.92. The molecule has 0 saturated carbocycles. The third-order valence-corrected chi connectivity index (χ3v) is 2.60. The topological polar surface area (TPSA) is 3.24 Å². The molecule has 0 amide bonds. The molecule has 0 aliphatic heterocycles. The Morgan fingerprint density at radius 1 is 0.824 bits per heavy atom. The van der Waals surface area contributed by atoms with Crippen LogP contribution in [0.5, 0.6) is 0 Å². The molecule has 87 valence electrons. The maximum absolute atomic E-state index is 5.17. The largest absolute Gasteiger partial charge is 0.296 e. The van der Waals surface area contributed by atoms with E-state index in [9.17, 15) is 0 Å². The van der Waals surface area contributed by atoms with Crippen molar-refractivity contribution in [3.05, 3.63) is 60.7 Å². The Kier molecular flexibility index (Phi) is 5.72. The van der Waals surface area contributed by atoms with E-state index >= 15 is 0 Å². The molecule has 1 nitrogen and oxygen atoms in total. The van der Waals surface area contributed by atoms with E-state index < -0.39 is 0 Å². The molecule has 0 bridgehead atoms. The van der Waals surface area contributed by atoms with Crippen molar-refractivity contribution in [1.82, 2.24) is 0 Å². The maximum atomic E-state index is 5.17. The molecule has 0 spiro atoms. The van der Waals surface area contributed by atoms with E-state index in [1.165, 1.54) is 0 Å². The van der Waals surface area contributed by atoms with Crippen molar-refractivity contribution < 1.29 is 17.1 Å². The van der Waals surface area contributed by atoms with Crippen molar-refractivity contribution in [2.75, 3.05) is 4.90 Å². The number of nitrogens with zero attached hydrogens (tertiary/aromatic N) is 1. The van der Waals surface area contributed by atoms with Crippen molar-refractivity contribution in [3.63, 3.8) is 0 Å². The van der Waals surface area contributed by atoms with Crippen LogP contribution >= 0.6 is 24.8 Å². The summed E-state index contributed by atoms with van der Waals surface area (Å²) in [6.45, 7) is 0. The predicted molar refractivity (Wildman–Crippen MR) is 76.6 cm³/mol. The number of benzene rings is 2. The van der Waals surface area contributed by atoms with Gasteiger partial charge in [0, 0.05) is 28.4 Å². The SMILES string of the molecule is S=C(S)N(c1ccccc1)c1ccccc1.[Mn]. The van der Waals surface area contributed by atoms with Crippen LogP contribution in [-0.4, -0.2) is 4.32 Å². The molecule has 2 aromatic carbocycles. The van der Waals surface area contributed by atoms with Gasteiger partial charge in [-0.3, -0.25) is 4.90 Å². The first-order chi connectivity index (χ1) is 7.79. The van der Waals surface area contributed by atoms with E-state index in [2.05, 4.69) is 12.6 Å². The van der Waals surface area contributed by atoms with Crippen molar-refractivity contribution in [2.45, 2.75) is 0 Å². The molecular formula is C13H11MnNS2. The average molecular weight is 300 g/mol. The fourth-order valence-corrected chi connectivity index (χ4v) is 1.97. The first kappa shape index (κ1) is 14.3. The number of para-hydroxylation sites is 2. The standard InChI is InChI=1S/C13H11NS2.Mn/c15-13(16)14(11-7-3-1-4-8-11)12-9-5-2-6-10-12;/h1-10H,(H,15,16);. The van der Waals surface area contributed by atoms with Gasteiger partial charge in [0.1, 0.15) is 4.32 Å². The molecule has 0 atom stereocenters. The molecule has 0 heterocycles. The van der Waals surface area contributed by atoms with Gasteiger partial charge >= 0.3 is 0 Å². The monoisotopic (exact) mass is 300 g/mol. The third kappa shape index (κ3) is 3.58. The zero-order valence-corrected chi connectivity index (χ0v) is 11.8. The number of thiol groups is 1. The van der Waals surface area contributed by atoms with Crippen LogP contribution in [0.4, 0.5) is 11.4 Å². The van der Waals surface area contributed by atoms with Gasteiger partial charge in [0.2, 0.25) is 0 Å². The zero-order chi connectivity index (χ0) is 11.4. The second kappa shape index (κ2) is 6.82. The summed E-state index contributed by atoms with van der Waals surface area (Å²) in [5.41, 5.74) is 2.04. The van der Waals surface area contributed by atoms with Crippen LogP contribution in [0, 0.1) is 0 Å². The molecule has 0 saturated heterocycles. The summed E-state index contributed by atoms with van der Waals surface area (Å²) < 4.78 is 0.539.